The maximum atomic E-state index is 11.2. The molecule has 2 aliphatic heterocycles. The lowest BCUT2D eigenvalue weighted by atomic mass is 10.4. The molecule has 0 atom stereocenters. The normalized spacial score (nSPS) is 20.9. The third-order valence-electron chi connectivity index (χ3n) is 2.80. The number of carbonyl (C=O) groups is 2. The molecule has 0 unspecified atom stereocenters. The summed E-state index contributed by atoms with van der Waals surface area (Å²) in [5.41, 5.74) is 0. The van der Waals surface area contributed by atoms with Gasteiger partial charge in [-0.25, -0.2) is 4.79 Å². The maximum Gasteiger partial charge on any atom is 0.325 e. The monoisotopic (exact) mass is 221 g/mol. The summed E-state index contributed by atoms with van der Waals surface area (Å²) < 4.78 is 0. The van der Waals surface area contributed by atoms with E-state index >= 15 is 0 Å². The van der Waals surface area contributed by atoms with Gasteiger partial charge in [0.25, 0.3) is 5.91 Å². The highest BCUT2D eigenvalue weighted by molar-refractivity contribution is 6.02. The second kappa shape index (κ2) is 4.99. The molecule has 2 saturated heterocycles. The second-order valence-electron chi connectivity index (χ2n) is 3.98. The minimum absolute atomic E-state index is 0.104. The molecule has 0 spiro atoms. The first-order chi connectivity index (χ1) is 7.77. The standard InChI is InChI=1S/C11H15N3O2/c15-10-9-12-11(16)14(10)8-4-3-7-13-5-1-2-6-13/h1-2,5-9H2,(H,12,16). The van der Waals surface area contributed by atoms with Crippen LogP contribution in [0.1, 0.15) is 12.8 Å². The van der Waals surface area contributed by atoms with Gasteiger partial charge < -0.3 is 5.32 Å². The molecule has 5 heteroatoms. The summed E-state index contributed by atoms with van der Waals surface area (Å²) in [4.78, 5) is 25.8. The summed E-state index contributed by atoms with van der Waals surface area (Å²) in [5, 5.41) is 2.46. The van der Waals surface area contributed by atoms with Crippen LogP contribution in [-0.2, 0) is 4.79 Å². The van der Waals surface area contributed by atoms with Crippen molar-refractivity contribution in [2.75, 3.05) is 32.7 Å². The molecule has 0 radical (unpaired) electrons. The number of amides is 3. The molecule has 0 aromatic rings. The van der Waals surface area contributed by atoms with Crippen molar-refractivity contribution in [1.82, 2.24) is 15.1 Å². The van der Waals surface area contributed by atoms with Crippen LogP contribution >= 0.6 is 0 Å². The van der Waals surface area contributed by atoms with E-state index in [1.807, 2.05) is 0 Å². The van der Waals surface area contributed by atoms with Crippen LogP contribution in [0.4, 0.5) is 4.79 Å². The van der Waals surface area contributed by atoms with Crippen LogP contribution in [0, 0.1) is 11.8 Å². The van der Waals surface area contributed by atoms with Gasteiger partial charge in [0.05, 0.1) is 19.6 Å². The van der Waals surface area contributed by atoms with Crippen molar-refractivity contribution in [2.45, 2.75) is 12.8 Å². The van der Waals surface area contributed by atoms with E-state index in [4.69, 9.17) is 0 Å². The highest BCUT2D eigenvalue weighted by Gasteiger charge is 2.27. The molecule has 0 aromatic carbocycles. The first-order valence-electron chi connectivity index (χ1n) is 5.53. The third-order valence-corrected chi connectivity index (χ3v) is 2.80. The fourth-order valence-corrected chi connectivity index (χ4v) is 1.86. The molecule has 1 N–H and O–H groups in total. The SMILES string of the molecule is O=C1CNC(=O)N1CC#CCN1CCCC1. The molecular formula is C11H15N3O2. The quantitative estimate of drug-likeness (QED) is 0.511. The fourth-order valence-electron chi connectivity index (χ4n) is 1.86. The first-order valence-corrected chi connectivity index (χ1v) is 5.53. The molecule has 3 amide bonds. The molecule has 0 bridgehead atoms. The van der Waals surface area contributed by atoms with Crippen molar-refractivity contribution in [3.8, 4) is 11.8 Å². The van der Waals surface area contributed by atoms with Crippen LogP contribution in [-0.4, -0.2) is 54.5 Å². The Bertz CT molecular complexity index is 334. The Labute approximate surface area is 94.8 Å². The van der Waals surface area contributed by atoms with E-state index in [0.717, 1.165) is 24.5 Å². The Hall–Kier alpha value is -1.54. The van der Waals surface area contributed by atoms with Gasteiger partial charge in [-0.15, -0.1) is 0 Å². The molecule has 0 aromatic heterocycles. The largest absolute Gasteiger partial charge is 0.329 e. The van der Waals surface area contributed by atoms with Crippen LogP contribution in [0.5, 0.6) is 0 Å². The van der Waals surface area contributed by atoms with Gasteiger partial charge in [0, 0.05) is 0 Å². The van der Waals surface area contributed by atoms with Crippen LogP contribution < -0.4 is 5.32 Å². The molecule has 2 heterocycles. The van der Waals surface area contributed by atoms with E-state index in [1.54, 1.807) is 0 Å². The van der Waals surface area contributed by atoms with Crippen LogP contribution in [0.3, 0.4) is 0 Å². The molecule has 2 rings (SSSR count). The fraction of sp³-hybridized carbons (Fsp3) is 0.636. The van der Waals surface area contributed by atoms with Crippen LogP contribution in [0.15, 0.2) is 0 Å². The summed E-state index contributed by atoms with van der Waals surface area (Å²) in [5.74, 6) is 5.67. The van der Waals surface area contributed by atoms with Crippen molar-refractivity contribution in [2.24, 2.45) is 0 Å². The number of likely N-dealkylation sites (tertiary alicyclic amines) is 1. The molecule has 16 heavy (non-hydrogen) atoms. The summed E-state index contributed by atoms with van der Waals surface area (Å²) in [6.07, 6.45) is 2.49. The van der Waals surface area contributed by atoms with Crippen molar-refractivity contribution in [3.63, 3.8) is 0 Å². The highest BCUT2D eigenvalue weighted by atomic mass is 16.2. The van der Waals surface area contributed by atoms with E-state index in [2.05, 4.69) is 22.1 Å². The Morgan fingerprint density at radius 1 is 1.12 bits per heavy atom. The molecule has 0 aliphatic carbocycles. The summed E-state index contributed by atoms with van der Waals surface area (Å²) >= 11 is 0. The van der Waals surface area contributed by atoms with Crippen molar-refractivity contribution in [3.05, 3.63) is 0 Å². The van der Waals surface area contributed by atoms with Crippen LogP contribution in [0.25, 0.3) is 0 Å². The maximum absolute atomic E-state index is 11.2. The molecule has 86 valence electrons. The summed E-state index contributed by atoms with van der Waals surface area (Å²) in [6.45, 7) is 3.27. The number of rotatable bonds is 2. The number of carbonyl (C=O) groups excluding carboxylic acids is 2. The Morgan fingerprint density at radius 2 is 1.81 bits per heavy atom. The highest BCUT2D eigenvalue weighted by Crippen LogP contribution is 2.05. The average Bonchev–Trinajstić information content (AvgIpc) is 2.87. The van der Waals surface area contributed by atoms with Crippen molar-refractivity contribution < 1.29 is 9.59 Å². The number of imide groups is 1. The van der Waals surface area contributed by atoms with E-state index in [9.17, 15) is 9.59 Å². The predicted octanol–water partition coefficient (Wildman–Crippen LogP) is -0.363. The zero-order valence-corrected chi connectivity index (χ0v) is 9.16. The second-order valence-corrected chi connectivity index (χ2v) is 3.98. The van der Waals surface area contributed by atoms with E-state index in [-0.39, 0.29) is 25.0 Å². The molecule has 5 nitrogen and oxygen atoms in total. The van der Waals surface area contributed by atoms with E-state index in [1.165, 1.54) is 12.8 Å². The van der Waals surface area contributed by atoms with Crippen molar-refractivity contribution in [1.29, 1.82) is 0 Å². The van der Waals surface area contributed by atoms with E-state index < -0.39 is 0 Å². The summed E-state index contributed by atoms with van der Waals surface area (Å²) in [6, 6.07) is -0.333. The Morgan fingerprint density at radius 3 is 2.44 bits per heavy atom. The zero-order valence-electron chi connectivity index (χ0n) is 9.16. The summed E-state index contributed by atoms with van der Waals surface area (Å²) in [7, 11) is 0. The van der Waals surface area contributed by atoms with Gasteiger partial charge in [-0.1, -0.05) is 11.8 Å². The molecule has 0 saturated carbocycles. The zero-order chi connectivity index (χ0) is 11.4. The minimum Gasteiger partial charge on any atom is -0.329 e. The van der Waals surface area contributed by atoms with E-state index in [0.29, 0.717) is 0 Å². The molecule has 2 aliphatic rings. The third kappa shape index (κ3) is 2.52. The lowest BCUT2D eigenvalue weighted by molar-refractivity contribution is -0.124. The van der Waals surface area contributed by atoms with Gasteiger partial charge in [0.1, 0.15) is 0 Å². The van der Waals surface area contributed by atoms with Gasteiger partial charge in [-0.2, -0.15) is 0 Å². The lowest BCUT2D eigenvalue weighted by Gasteiger charge is -2.09. The smallest absolute Gasteiger partial charge is 0.325 e. The lowest BCUT2D eigenvalue weighted by Crippen LogP contribution is -2.31. The van der Waals surface area contributed by atoms with Gasteiger partial charge in [-0.3, -0.25) is 14.6 Å². The number of nitrogens with one attached hydrogen (secondary N) is 1. The number of hydrogen-bond acceptors (Lipinski definition) is 3. The first kappa shape index (κ1) is 11.0. The van der Waals surface area contributed by atoms with Gasteiger partial charge in [-0.05, 0) is 25.9 Å². The Kier molecular flexibility index (Phi) is 3.42. The Balaban J connectivity index is 1.75. The van der Waals surface area contributed by atoms with Gasteiger partial charge in [0.2, 0.25) is 0 Å². The minimum atomic E-state index is -0.333. The average molecular weight is 221 g/mol. The predicted molar refractivity (Wildman–Crippen MR) is 58.6 cm³/mol. The van der Waals surface area contributed by atoms with Gasteiger partial charge in [0.15, 0.2) is 0 Å². The number of nitrogens with zero attached hydrogens (tertiary/aromatic N) is 2. The number of urea groups is 1. The van der Waals surface area contributed by atoms with Crippen molar-refractivity contribution >= 4 is 11.9 Å². The topological polar surface area (TPSA) is 52.7 Å². The van der Waals surface area contributed by atoms with Gasteiger partial charge >= 0.3 is 6.03 Å². The molecule has 2 fully saturated rings. The van der Waals surface area contributed by atoms with Crippen LogP contribution in [0.2, 0.25) is 0 Å². The molecular weight excluding hydrogens is 206 g/mol. The number of hydrogen-bond donors (Lipinski definition) is 1.